The van der Waals surface area contributed by atoms with E-state index in [4.69, 9.17) is 14.9 Å². The maximum Gasteiger partial charge on any atom is 0.505 e. The van der Waals surface area contributed by atoms with Crippen molar-refractivity contribution >= 4 is 6.16 Å². The first-order valence-corrected chi connectivity index (χ1v) is 3.80. The summed E-state index contributed by atoms with van der Waals surface area (Å²) in [7, 11) is 0. The van der Waals surface area contributed by atoms with Gasteiger partial charge in [0, 0.05) is 0 Å². The molecule has 2 N–H and O–H groups in total. The van der Waals surface area contributed by atoms with Gasteiger partial charge in [0.15, 0.2) is 0 Å². The zero-order valence-corrected chi connectivity index (χ0v) is 7.73. The first kappa shape index (κ1) is 14.5. The lowest BCUT2D eigenvalue weighted by Gasteiger charge is -2.00. The molecule has 0 rings (SSSR count). The number of aliphatic hydroxyl groups excluding tert-OH is 1. The minimum Gasteiger partial charge on any atom is -0.450 e. The van der Waals surface area contributed by atoms with Crippen LogP contribution in [0.5, 0.6) is 0 Å². The van der Waals surface area contributed by atoms with Gasteiger partial charge in [-0.2, -0.15) is 0 Å². The third-order valence-corrected chi connectivity index (χ3v) is 0.689. The highest BCUT2D eigenvalue weighted by Gasteiger charge is 1.93. The number of carboxylic acid groups (broad SMARTS) is 1. The van der Waals surface area contributed by atoms with Crippen molar-refractivity contribution in [2.45, 2.75) is 6.92 Å². The molecule has 78 valence electrons. The fourth-order valence-electron chi connectivity index (χ4n) is 0.355. The molecule has 0 aliphatic carbocycles. The third kappa shape index (κ3) is 24.8. The number of carbonyl (C=O) groups is 1. The summed E-state index contributed by atoms with van der Waals surface area (Å²) >= 11 is 0. The van der Waals surface area contributed by atoms with Crippen molar-refractivity contribution in [3.05, 3.63) is 12.7 Å². The Labute approximate surface area is 77.6 Å². The first-order valence-electron chi connectivity index (χ1n) is 3.80. The van der Waals surface area contributed by atoms with Gasteiger partial charge in [-0.25, -0.2) is 4.79 Å². The third-order valence-electron chi connectivity index (χ3n) is 0.689. The van der Waals surface area contributed by atoms with E-state index in [0.717, 1.165) is 0 Å². The summed E-state index contributed by atoms with van der Waals surface area (Å²) in [5, 5.41) is 16.1. The smallest absolute Gasteiger partial charge is 0.450 e. The largest absolute Gasteiger partial charge is 0.505 e. The van der Waals surface area contributed by atoms with Gasteiger partial charge in [0.05, 0.1) is 19.8 Å². The standard InChI is InChI=1S/C5H10O5.C3H6/c6-1-2-9-3-4-10-5(7)8;1-3-2/h6H,1-4H2,(H,7,8);3H,1H2,2H3. The van der Waals surface area contributed by atoms with Crippen molar-refractivity contribution in [3.8, 4) is 0 Å². The van der Waals surface area contributed by atoms with Crippen LogP contribution in [0.25, 0.3) is 0 Å². The number of aliphatic hydroxyl groups is 1. The number of allylic oxidation sites excluding steroid dienone is 1. The van der Waals surface area contributed by atoms with Crippen molar-refractivity contribution < 1.29 is 24.5 Å². The Hall–Kier alpha value is -1.07. The summed E-state index contributed by atoms with van der Waals surface area (Å²) in [6.45, 7) is 5.60. The highest BCUT2D eigenvalue weighted by Crippen LogP contribution is 1.78. The van der Waals surface area contributed by atoms with Crippen molar-refractivity contribution in [2.75, 3.05) is 26.4 Å². The highest BCUT2D eigenvalue weighted by molar-refractivity contribution is 5.56. The van der Waals surface area contributed by atoms with Crippen molar-refractivity contribution in [1.82, 2.24) is 0 Å². The van der Waals surface area contributed by atoms with E-state index in [1.807, 2.05) is 6.92 Å². The Bertz CT molecular complexity index is 124. The van der Waals surface area contributed by atoms with Gasteiger partial charge < -0.3 is 19.7 Å². The second kappa shape index (κ2) is 13.5. The molecule has 0 aromatic heterocycles. The van der Waals surface area contributed by atoms with E-state index in [1.165, 1.54) is 0 Å². The molecule has 0 saturated carbocycles. The molecule has 0 aliphatic rings. The minimum atomic E-state index is -1.31. The number of ether oxygens (including phenoxy) is 2. The molecule has 0 radical (unpaired) electrons. The van der Waals surface area contributed by atoms with Crippen LogP contribution in [0.1, 0.15) is 6.92 Å². The molecule has 13 heavy (non-hydrogen) atoms. The average molecular weight is 192 g/mol. The minimum absolute atomic E-state index is 0.00926. The second-order valence-electron chi connectivity index (χ2n) is 1.86. The predicted octanol–water partition coefficient (Wildman–Crippen LogP) is 0.882. The zero-order valence-electron chi connectivity index (χ0n) is 7.73. The molecule has 0 aromatic rings. The summed E-state index contributed by atoms with van der Waals surface area (Å²) in [5.74, 6) is 0. The zero-order chi connectivity index (χ0) is 10.5. The maximum absolute atomic E-state index is 9.70. The molecule has 0 bridgehead atoms. The van der Waals surface area contributed by atoms with Crippen molar-refractivity contribution in [2.24, 2.45) is 0 Å². The molecular weight excluding hydrogens is 176 g/mol. The molecule has 0 aromatic carbocycles. The monoisotopic (exact) mass is 192 g/mol. The van der Waals surface area contributed by atoms with E-state index in [2.05, 4.69) is 11.3 Å². The summed E-state index contributed by atoms with van der Waals surface area (Å²) < 4.78 is 8.79. The Balaban J connectivity index is 0. The molecule has 0 saturated heterocycles. The van der Waals surface area contributed by atoms with Crippen LogP contribution in [-0.2, 0) is 9.47 Å². The van der Waals surface area contributed by atoms with Gasteiger partial charge in [0.25, 0.3) is 0 Å². The van der Waals surface area contributed by atoms with Crippen LogP contribution in [-0.4, -0.2) is 42.8 Å². The lowest BCUT2D eigenvalue weighted by Crippen LogP contribution is -2.09. The van der Waals surface area contributed by atoms with E-state index < -0.39 is 6.16 Å². The van der Waals surface area contributed by atoms with Crippen LogP contribution in [0.15, 0.2) is 12.7 Å². The van der Waals surface area contributed by atoms with Crippen LogP contribution < -0.4 is 0 Å². The van der Waals surface area contributed by atoms with Gasteiger partial charge in [0.1, 0.15) is 6.61 Å². The normalized spacial score (nSPS) is 8.15. The molecule has 5 heteroatoms. The van der Waals surface area contributed by atoms with Crippen LogP contribution in [0, 0.1) is 0 Å². The second-order valence-corrected chi connectivity index (χ2v) is 1.86. The van der Waals surface area contributed by atoms with Crippen molar-refractivity contribution in [1.29, 1.82) is 0 Å². The van der Waals surface area contributed by atoms with E-state index in [9.17, 15) is 4.79 Å². The molecule has 0 fully saturated rings. The number of hydrogen-bond donors (Lipinski definition) is 2. The van der Waals surface area contributed by atoms with E-state index >= 15 is 0 Å². The van der Waals surface area contributed by atoms with E-state index in [0.29, 0.717) is 0 Å². The van der Waals surface area contributed by atoms with Crippen LogP contribution in [0.4, 0.5) is 4.79 Å². The molecule has 0 atom stereocenters. The summed E-state index contributed by atoms with van der Waals surface area (Å²) in [6, 6.07) is 0. The summed E-state index contributed by atoms with van der Waals surface area (Å²) in [6.07, 6.45) is 0.438. The number of rotatable bonds is 5. The molecule has 0 amide bonds. The molecule has 0 aliphatic heterocycles. The first-order chi connectivity index (χ1) is 6.18. The molecular formula is C8H16O5. The van der Waals surface area contributed by atoms with Gasteiger partial charge in [-0.05, 0) is 6.92 Å². The highest BCUT2D eigenvalue weighted by atomic mass is 16.7. The molecule has 5 nitrogen and oxygen atoms in total. The van der Waals surface area contributed by atoms with Gasteiger partial charge >= 0.3 is 6.16 Å². The quantitative estimate of drug-likeness (QED) is 0.384. The number of hydrogen-bond acceptors (Lipinski definition) is 4. The van der Waals surface area contributed by atoms with Gasteiger partial charge in [-0.1, -0.05) is 6.08 Å². The molecule has 0 unspecified atom stereocenters. The van der Waals surface area contributed by atoms with Crippen LogP contribution in [0.3, 0.4) is 0 Å². The fraction of sp³-hybridized carbons (Fsp3) is 0.625. The van der Waals surface area contributed by atoms with E-state index in [1.54, 1.807) is 6.08 Å². The molecule has 0 heterocycles. The predicted molar refractivity (Wildman–Crippen MR) is 47.8 cm³/mol. The Morgan fingerprint density at radius 3 is 2.38 bits per heavy atom. The fourth-order valence-corrected chi connectivity index (χ4v) is 0.355. The van der Waals surface area contributed by atoms with Crippen molar-refractivity contribution in [3.63, 3.8) is 0 Å². The lowest BCUT2D eigenvalue weighted by atomic mass is 10.7. The molecule has 0 spiro atoms. The average Bonchev–Trinajstić information content (AvgIpc) is 2.05. The Morgan fingerprint density at radius 1 is 1.46 bits per heavy atom. The van der Waals surface area contributed by atoms with Crippen LogP contribution in [0.2, 0.25) is 0 Å². The summed E-state index contributed by atoms with van der Waals surface area (Å²) in [5.41, 5.74) is 0. The van der Waals surface area contributed by atoms with E-state index in [-0.39, 0.29) is 26.4 Å². The van der Waals surface area contributed by atoms with Crippen LogP contribution >= 0.6 is 0 Å². The van der Waals surface area contributed by atoms with Gasteiger partial charge in [0.2, 0.25) is 0 Å². The summed E-state index contributed by atoms with van der Waals surface area (Å²) in [4.78, 5) is 9.70. The lowest BCUT2D eigenvalue weighted by molar-refractivity contribution is 0.0363. The van der Waals surface area contributed by atoms with Gasteiger partial charge in [-0.3, -0.25) is 0 Å². The Kier molecular flexibility index (Phi) is 15.0. The Morgan fingerprint density at radius 2 is 2.00 bits per heavy atom. The van der Waals surface area contributed by atoms with Gasteiger partial charge in [-0.15, -0.1) is 6.58 Å². The maximum atomic E-state index is 9.70. The topological polar surface area (TPSA) is 76.0 Å². The SMILES string of the molecule is C=CC.O=C(O)OCCOCCO.